The first kappa shape index (κ1) is 15.8. The van der Waals surface area contributed by atoms with Gasteiger partial charge in [-0.15, -0.1) is 0 Å². The summed E-state index contributed by atoms with van der Waals surface area (Å²) in [5, 5.41) is 2.69. The molecule has 1 aliphatic heterocycles. The maximum absolute atomic E-state index is 12.4. The van der Waals surface area contributed by atoms with Gasteiger partial charge in [0.05, 0.1) is 17.6 Å². The number of ketones is 1. The third-order valence-corrected chi connectivity index (χ3v) is 3.95. The highest BCUT2D eigenvalue weighted by atomic mass is 16.5. The smallest absolute Gasteiger partial charge is 0.262 e. The number of H-pyrrole nitrogens is 1. The van der Waals surface area contributed by atoms with Crippen LogP contribution in [0.25, 0.3) is 17.5 Å². The number of imidazole rings is 1. The van der Waals surface area contributed by atoms with E-state index in [1.165, 1.54) is 6.08 Å². The minimum absolute atomic E-state index is 0.0102. The third kappa shape index (κ3) is 3.25. The zero-order valence-corrected chi connectivity index (χ0v) is 13.7. The zero-order valence-electron chi connectivity index (χ0n) is 13.7. The highest BCUT2D eigenvalue weighted by Crippen LogP contribution is 2.28. The minimum atomic E-state index is -0.233. The average Bonchev–Trinajstić information content (AvgIpc) is 3.15. The van der Waals surface area contributed by atoms with Gasteiger partial charge in [0.1, 0.15) is 11.6 Å². The molecule has 3 aromatic rings. The second kappa shape index (κ2) is 6.68. The Hall–Kier alpha value is -3.67. The Morgan fingerprint density at radius 2 is 2.00 bits per heavy atom. The summed E-state index contributed by atoms with van der Waals surface area (Å²) in [7, 11) is 0. The average molecular weight is 345 g/mol. The van der Waals surface area contributed by atoms with Crippen molar-refractivity contribution < 1.29 is 14.3 Å². The van der Waals surface area contributed by atoms with E-state index in [4.69, 9.17) is 4.74 Å². The highest BCUT2D eigenvalue weighted by Gasteiger charge is 2.17. The van der Waals surface area contributed by atoms with E-state index in [0.29, 0.717) is 17.0 Å². The first-order valence-electron chi connectivity index (χ1n) is 8.08. The summed E-state index contributed by atoms with van der Waals surface area (Å²) in [4.78, 5) is 31.3. The minimum Gasteiger partial charge on any atom is -0.482 e. The fourth-order valence-corrected chi connectivity index (χ4v) is 2.66. The predicted molar refractivity (Wildman–Crippen MR) is 98.0 cm³/mol. The molecule has 26 heavy (non-hydrogen) atoms. The van der Waals surface area contributed by atoms with Gasteiger partial charge in [0.25, 0.3) is 5.91 Å². The number of anilines is 1. The van der Waals surface area contributed by atoms with Crippen LogP contribution in [0.15, 0.2) is 60.8 Å². The standard InChI is InChI=1S/C20H15N3O3/c24-17(14-6-9-18-16(10-14)23-19(25)12-26-18)8-7-15-11-21-20(22-15)13-4-2-1-3-5-13/h1-11H,12H2,(H,21,22)(H,23,25)/b8-7+. The van der Waals surface area contributed by atoms with Crippen LogP contribution in [0.1, 0.15) is 16.1 Å². The lowest BCUT2D eigenvalue weighted by atomic mass is 10.1. The number of allylic oxidation sites excluding steroid dienone is 1. The number of ether oxygens (including phenoxy) is 1. The second-order valence-corrected chi connectivity index (χ2v) is 5.80. The van der Waals surface area contributed by atoms with E-state index in [1.54, 1.807) is 30.5 Å². The van der Waals surface area contributed by atoms with Gasteiger partial charge >= 0.3 is 0 Å². The van der Waals surface area contributed by atoms with Crippen LogP contribution in [-0.2, 0) is 4.79 Å². The van der Waals surface area contributed by atoms with Gasteiger partial charge in [-0.1, -0.05) is 30.3 Å². The van der Waals surface area contributed by atoms with Crippen LogP contribution >= 0.6 is 0 Å². The molecular weight excluding hydrogens is 330 g/mol. The summed E-state index contributed by atoms with van der Waals surface area (Å²) in [6.07, 6.45) is 4.82. The number of rotatable bonds is 4. The predicted octanol–water partition coefficient (Wildman–Crippen LogP) is 3.30. The summed E-state index contributed by atoms with van der Waals surface area (Å²) < 4.78 is 5.29. The molecule has 0 unspecified atom stereocenters. The number of hydrogen-bond donors (Lipinski definition) is 2. The molecule has 128 valence electrons. The number of amides is 1. The van der Waals surface area contributed by atoms with E-state index in [-0.39, 0.29) is 18.3 Å². The van der Waals surface area contributed by atoms with Gasteiger partial charge in [-0.3, -0.25) is 9.59 Å². The number of aromatic amines is 1. The number of hydrogen-bond acceptors (Lipinski definition) is 4. The van der Waals surface area contributed by atoms with Crippen LogP contribution in [0, 0.1) is 0 Å². The van der Waals surface area contributed by atoms with Gasteiger partial charge in [-0.05, 0) is 30.4 Å². The summed E-state index contributed by atoms with van der Waals surface area (Å²) in [5.41, 5.74) is 2.68. The Bertz CT molecular complexity index is 1010. The molecule has 0 saturated carbocycles. The van der Waals surface area contributed by atoms with Crippen LogP contribution in [0.4, 0.5) is 5.69 Å². The van der Waals surface area contributed by atoms with Crippen LogP contribution < -0.4 is 10.1 Å². The lowest BCUT2D eigenvalue weighted by Crippen LogP contribution is -2.25. The topological polar surface area (TPSA) is 84.1 Å². The van der Waals surface area contributed by atoms with Crippen molar-refractivity contribution in [3.63, 3.8) is 0 Å². The second-order valence-electron chi connectivity index (χ2n) is 5.80. The van der Waals surface area contributed by atoms with E-state index in [1.807, 2.05) is 30.3 Å². The molecule has 1 aromatic heterocycles. The molecule has 1 aliphatic rings. The summed E-state index contributed by atoms with van der Waals surface area (Å²) in [5.74, 6) is 0.893. The normalized spacial score (nSPS) is 13.2. The number of fused-ring (bicyclic) bond motifs is 1. The maximum atomic E-state index is 12.4. The van der Waals surface area contributed by atoms with Gasteiger partial charge in [0, 0.05) is 11.1 Å². The molecule has 0 saturated heterocycles. The maximum Gasteiger partial charge on any atom is 0.262 e. The Labute approximate surface area is 149 Å². The van der Waals surface area contributed by atoms with E-state index < -0.39 is 0 Å². The number of carbonyl (C=O) groups excluding carboxylic acids is 2. The largest absolute Gasteiger partial charge is 0.482 e. The molecule has 0 radical (unpaired) electrons. The van der Waals surface area contributed by atoms with Crippen molar-refractivity contribution in [1.29, 1.82) is 0 Å². The monoisotopic (exact) mass is 345 g/mol. The highest BCUT2D eigenvalue weighted by molar-refractivity contribution is 6.08. The molecule has 0 spiro atoms. The Morgan fingerprint density at radius 3 is 2.85 bits per heavy atom. The molecule has 2 N–H and O–H groups in total. The van der Waals surface area contributed by atoms with Crippen molar-refractivity contribution in [3.8, 4) is 17.1 Å². The molecule has 4 rings (SSSR count). The van der Waals surface area contributed by atoms with E-state index in [2.05, 4.69) is 15.3 Å². The molecule has 0 aliphatic carbocycles. The molecule has 0 fully saturated rings. The SMILES string of the molecule is O=C1COc2ccc(C(=O)/C=C/c3cnc(-c4ccccc4)[nH]3)cc2N1. The van der Waals surface area contributed by atoms with Crippen LogP contribution in [-0.4, -0.2) is 28.3 Å². The van der Waals surface area contributed by atoms with Crippen molar-refractivity contribution in [3.05, 3.63) is 72.1 Å². The molecule has 0 bridgehead atoms. The number of nitrogens with zero attached hydrogens (tertiary/aromatic N) is 1. The first-order chi connectivity index (χ1) is 12.7. The van der Waals surface area contributed by atoms with Crippen LogP contribution in [0.3, 0.4) is 0 Å². The van der Waals surface area contributed by atoms with E-state index in [0.717, 1.165) is 17.1 Å². The third-order valence-electron chi connectivity index (χ3n) is 3.95. The Kier molecular flexibility index (Phi) is 4.07. The van der Waals surface area contributed by atoms with Crippen molar-refractivity contribution in [1.82, 2.24) is 9.97 Å². The van der Waals surface area contributed by atoms with Crippen LogP contribution in [0.5, 0.6) is 5.75 Å². The summed E-state index contributed by atoms with van der Waals surface area (Å²) in [6, 6.07) is 14.7. The van der Waals surface area contributed by atoms with E-state index in [9.17, 15) is 9.59 Å². The molecule has 2 aromatic carbocycles. The molecule has 0 atom stereocenters. The quantitative estimate of drug-likeness (QED) is 0.561. The summed E-state index contributed by atoms with van der Waals surface area (Å²) >= 11 is 0. The fraction of sp³-hybridized carbons (Fsp3) is 0.0500. The Balaban J connectivity index is 1.51. The zero-order chi connectivity index (χ0) is 17.9. The van der Waals surface area contributed by atoms with Gasteiger partial charge in [0.15, 0.2) is 12.4 Å². The number of benzene rings is 2. The fourth-order valence-electron chi connectivity index (χ4n) is 2.66. The molecular formula is C20H15N3O3. The van der Waals surface area contributed by atoms with Crippen molar-refractivity contribution in [2.24, 2.45) is 0 Å². The lowest BCUT2D eigenvalue weighted by Gasteiger charge is -2.17. The summed E-state index contributed by atoms with van der Waals surface area (Å²) in [6.45, 7) is -0.0102. The Morgan fingerprint density at radius 1 is 1.15 bits per heavy atom. The number of aromatic nitrogens is 2. The molecule has 6 heteroatoms. The van der Waals surface area contributed by atoms with Gasteiger partial charge in [0.2, 0.25) is 0 Å². The van der Waals surface area contributed by atoms with Crippen molar-refractivity contribution in [2.45, 2.75) is 0 Å². The molecule has 2 heterocycles. The van der Waals surface area contributed by atoms with Gasteiger partial charge in [-0.2, -0.15) is 0 Å². The van der Waals surface area contributed by atoms with Gasteiger partial charge in [-0.25, -0.2) is 4.98 Å². The number of nitrogens with one attached hydrogen (secondary N) is 2. The van der Waals surface area contributed by atoms with Crippen molar-refractivity contribution in [2.75, 3.05) is 11.9 Å². The first-order valence-corrected chi connectivity index (χ1v) is 8.08. The molecule has 6 nitrogen and oxygen atoms in total. The van der Waals surface area contributed by atoms with Gasteiger partial charge < -0.3 is 15.0 Å². The van der Waals surface area contributed by atoms with Crippen LogP contribution in [0.2, 0.25) is 0 Å². The lowest BCUT2D eigenvalue weighted by molar-refractivity contribution is -0.118. The van der Waals surface area contributed by atoms with Crippen molar-refractivity contribution >= 4 is 23.5 Å². The van der Waals surface area contributed by atoms with E-state index >= 15 is 0 Å². The molecule has 1 amide bonds. The number of carbonyl (C=O) groups is 2.